The average Bonchev–Trinajstić information content (AvgIpc) is 2.55. The molecule has 0 aliphatic rings. The molecule has 0 heterocycles. The molecule has 0 radical (unpaired) electrons. The molecule has 0 spiro atoms. The molecule has 2 aromatic carbocycles. The number of ketones is 1. The van der Waals surface area contributed by atoms with E-state index in [-0.39, 0.29) is 11.9 Å². The third-order valence-corrected chi connectivity index (χ3v) is 3.84. The predicted molar refractivity (Wildman–Crippen MR) is 92.7 cm³/mol. The topological polar surface area (TPSA) is 61.5 Å². The number of anilines is 1. The predicted octanol–water partition coefficient (Wildman–Crippen LogP) is 4.34. The Hall–Kier alpha value is -2.20. The SMILES string of the molecule is CCC(C)Oc1cc(C(=O)c2ccc(Cl)cc2)c(N)cc1OC. The Balaban J connectivity index is 2.43. The number of rotatable bonds is 6. The van der Waals surface area contributed by atoms with Crippen LogP contribution in [0.4, 0.5) is 5.69 Å². The van der Waals surface area contributed by atoms with E-state index >= 15 is 0 Å². The Morgan fingerprint density at radius 3 is 2.43 bits per heavy atom. The first-order valence-corrected chi connectivity index (χ1v) is 7.78. The van der Waals surface area contributed by atoms with Crippen molar-refractivity contribution in [3.8, 4) is 11.5 Å². The van der Waals surface area contributed by atoms with E-state index in [1.54, 1.807) is 43.5 Å². The van der Waals surface area contributed by atoms with Crippen LogP contribution in [0.2, 0.25) is 5.02 Å². The molecule has 4 nitrogen and oxygen atoms in total. The Morgan fingerprint density at radius 2 is 1.87 bits per heavy atom. The quantitative estimate of drug-likeness (QED) is 0.631. The number of nitrogen functional groups attached to an aromatic ring is 1. The lowest BCUT2D eigenvalue weighted by Crippen LogP contribution is -2.12. The maximum Gasteiger partial charge on any atom is 0.195 e. The average molecular weight is 334 g/mol. The zero-order chi connectivity index (χ0) is 17.0. The van der Waals surface area contributed by atoms with Gasteiger partial charge in [0.1, 0.15) is 0 Å². The van der Waals surface area contributed by atoms with Crippen LogP contribution < -0.4 is 15.2 Å². The van der Waals surface area contributed by atoms with E-state index in [1.165, 1.54) is 0 Å². The van der Waals surface area contributed by atoms with Crippen LogP contribution in [0, 0.1) is 0 Å². The number of benzene rings is 2. The summed E-state index contributed by atoms with van der Waals surface area (Å²) in [6.07, 6.45) is 0.847. The molecule has 122 valence electrons. The second-order valence-corrected chi connectivity index (χ2v) is 5.70. The minimum Gasteiger partial charge on any atom is -0.493 e. The first kappa shape index (κ1) is 17.2. The zero-order valence-corrected chi connectivity index (χ0v) is 14.2. The highest BCUT2D eigenvalue weighted by Crippen LogP contribution is 2.34. The number of nitrogens with two attached hydrogens (primary N) is 1. The van der Waals surface area contributed by atoms with Crippen molar-refractivity contribution < 1.29 is 14.3 Å². The normalized spacial score (nSPS) is 11.8. The number of carbonyl (C=O) groups excluding carboxylic acids is 1. The number of halogens is 1. The fourth-order valence-electron chi connectivity index (χ4n) is 2.08. The maximum absolute atomic E-state index is 12.7. The van der Waals surface area contributed by atoms with Crippen molar-refractivity contribution in [2.75, 3.05) is 12.8 Å². The van der Waals surface area contributed by atoms with Gasteiger partial charge in [0.25, 0.3) is 0 Å². The monoisotopic (exact) mass is 333 g/mol. The molecular weight excluding hydrogens is 314 g/mol. The van der Waals surface area contributed by atoms with E-state index in [0.717, 1.165) is 6.42 Å². The van der Waals surface area contributed by atoms with E-state index in [0.29, 0.717) is 33.3 Å². The van der Waals surface area contributed by atoms with E-state index < -0.39 is 0 Å². The van der Waals surface area contributed by atoms with Crippen molar-refractivity contribution in [1.29, 1.82) is 0 Å². The van der Waals surface area contributed by atoms with Gasteiger partial charge in [0.05, 0.1) is 13.2 Å². The number of carbonyl (C=O) groups is 1. The fraction of sp³-hybridized carbons (Fsp3) is 0.278. The van der Waals surface area contributed by atoms with Gasteiger partial charge < -0.3 is 15.2 Å². The summed E-state index contributed by atoms with van der Waals surface area (Å²) in [6, 6.07) is 9.93. The molecule has 5 heteroatoms. The highest BCUT2D eigenvalue weighted by atomic mass is 35.5. The summed E-state index contributed by atoms with van der Waals surface area (Å²) in [5, 5.41) is 0.574. The summed E-state index contributed by atoms with van der Waals surface area (Å²) in [4.78, 5) is 12.7. The van der Waals surface area contributed by atoms with Crippen molar-refractivity contribution >= 4 is 23.1 Å². The molecule has 23 heavy (non-hydrogen) atoms. The Morgan fingerprint density at radius 1 is 1.22 bits per heavy atom. The summed E-state index contributed by atoms with van der Waals surface area (Å²) < 4.78 is 11.1. The standard InChI is InChI=1S/C18H20ClNO3/c1-4-11(2)23-17-9-14(15(20)10-16(17)22-3)18(21)12-5-7-13(19)8-6-12/h5-11H,4,20H2,1-3H3. The zero-order valence-electron chi connectivity index (χ0n) is 13.4. The summed E-state index contributed by atoms with van der Waals surface area (Å²) in [7, 11) is 1.54. The van der Waals surface area contributed by atoms with Crippen molar-refractivity contribution in [2.45, 2.75) is 26.4 Å². The molecule has 1 atom stereocenters. The van der Waals surface area contributed by atoms with Crippen molar-refractivity contribution in [3.05, 3.63) is 52.5 Å². The summed E-state index contributed by atoms with van der Waals surface area (Å²) in [5.74, 6) is 0.833. The van der Waals surface area contributed by atoms with E-state index in [2.05, 4.69) is 0 Å². The van der Waals surface area contributed by atoms with Gasteiger partial charge in [-0.2, -0.15) is 0 Å². The van der Waals surface area contributed by atoms with Crippen molar-refractivity contribution in [3.63, 3.8) is 0 Å². The van der Waals surface area contributed by atoms with Gasteiger partial charge in [-0.15, -0.1) is 0 Å². The van der Waals surface area contributed by atoms with Gasteiger partial charge in [0, 0.05) is 27.9 Å². The highest BCUT2D eigenvalue weighted by Gasteiger charge is 2.18. The Labute approximate surface area is 141 Å². The number of ether oxygens (including phenoxy) is 2. The molecule has 2 rings (SSSR count). The molecular formula is C18H20ClNO3. The molecule has 0 bridgehead atoms. The molecule has 2 N–H and O–H groups in total. The third-order valence-electron chi connectivity index (χ3n) is 3.59. The van der Waals surface area contributed by atoms with Crippen LogP contribution >= 0.6 is 11.6 Å². The summed E-state index contributed by atoms with van der Waals surface area (Å²) in [6.45, 7) is 3.98. The van der Waals surface area contributed by atoms with Crippen LogP contribution in [-0.4, -0.2) is 19.0 Å². The first-order valence-electron chi connectivity index (χ1n) is 7.40. The smallest absolute Gasteiger partial charge is 0.195 e. The molecule has 1 unspecified atom stereocenters. The Bertz CT molecular complexity index is 698. The molecule has 0 saturated heterocycles. The largest absolute Gasteiger partial charge is 0.493 e. The van der Waals surface area contributed by atoms with Crippen LogP contribution in [0.15, 0.2) is 36.4 Å². The highest BCUT2D eigenvalue weighted by molar-refractivity contribution is 6.30. The summed E-state index contributed by atoms with van der Waals surface area (Å²) in [5.41, 5.74) is 7.26. The number of hydrogen-bond donors (Lipinski definition) is 1. The lowest BCUT2D eigenvalue weighted by molar-refractivity contribution is 0.103. The van der Waals surface area contributed by atoms with Gasteiger partial charge >= 0.3 is 0 Å². The van der Waals surface area contributed by atoms with Gasteiger partial charge in [-0.25, -0.2) is 0 Å². The second-order valence-electron chi connectivity index (χ2n) is 5.26. The number of hydrogen-bond acceptors (Lipinski definition) is 4. The van der Waals surface area contributed by atoms with E-state index in [9.17, 15) is 4.79 Å². The lowest BCUT2D eigenvalue weighted by Gasteiger charge is -2.17. The summed E-state index contributed by atoms with van der Waals surface area (Å²) >= 11 is 5.86. The molecule has 0 aliphatic heterocycles. The minimum atomic E-state index is -0.184. The Kier molecular flexibility index (Phi) is 5.50. The molecule has 0 fully saturated rings. The van der Waals surface area contributed by atoms with Crippen molar-refractivity contribution in [2.24, 2.45) is 0 Å². The third kappa shape index (κ3) is 3.96. The van der Waals surface area contributed by atoms with Crippen molar-refractivity contribution in [1.82, 2.24) is 0 Å². The van der Waals surface area contributed by atoms with Gasteiger partial charge in [-0.3, -0.25) is 4.79 Å². The maximum atomic E-state index is 12.7. The molecule has 0 amide bonds. The van der Waals surface area contributed by atoms with Gasteiger partial charge in [-0.1, -0.05) is 18.5 Å². The lowest BCUT2D eigenvalue weighted by atomic mass is 10.0. The first-order chi connectivity index (χ1) is 11.0. The van der Waals surface area contributed by atoms with E-state index in [1.807, 2.05) is 13.8 Å². The number of methoxy groups -OCH3 is 1. The van der Waals surface area contributed by atoms with Crippen LogP contribution in [0.3, 0.4) is 0 Å². The molecule has 0 saturated carbocycles. The van der Waals surface area contributed by atoms with Gasteiger partial charge in [0.2, 0.25) is 0 Å². The minimum absolute atomic E-state index is 0.00556. The van der Waals surface area contributed by atoms with Crippen LogP contribution in [0.5, 0.6) is 11.5 Å². The van der Waals surface area contributed by atoms with Crippen LogP contribution in [0.25, 0.3) is 0 Å². The molecule has 2 aromatic rings. The van der Waals surface area contributed by atoms with Crippen LogP contribution in [0.1, 0.15) is 36.2 Å². The molecule has 0 aliphatic carbocycles. The molecule has 0 aromatic heterocycles. The second kappa shape index (κ2) is 7.38. The van der Waals surface area contributed by atoms with Crippen LogP contribution in [-0.2, 0) is 0 Å². The van der Waals surface area contributed by atoms with E-state index in [4.69, 9.17) is 26.8 Å². The van der Waals surface area contributed by atoms with Gasteiger partial charge in [0.15, 0.2) is 17.3 Å². The van der Waals surface area contributed by atoms with Gasteiger partial charge in [-0.05, 0) is 43.7 Å². The fourth-order valence-corrected chi connectivity index (χ4v) is 2.21.